The van der Waals surface area contributed by atoms with E-state index >= 15 is 0 Å². The zero-order valence-corrected chi connectivity index (χ0v) is 10.3. The summed E-state index contributed by atoms with van der Waals surface area (Å²) in [6.07, 6.45) is 1.59. The van der Waals surface area contributed by atoms with Crippen LogP contribution in [0.1, 0.15) is 4.88 Å². The lowest BCUT2D eigenvalue weighted by Gasteiger charge is -1.95. The molecule has 0 atom stereocenters. The van der Waals surface area contributed by atoms with E-state index in [-0.39, 0.29) is 5.56 Å². The van der Waals surface area contributed by atoms with Crippen molar-refractivity contribution in [2.75, 3.05) is 0 Å². The van der Waals surface area contributed by atoms with Crippen LogP contribution in [0.15, 0.2) is 23.1 Å². The second kappa shape index (κ2) is 3.82. The zero-order valence-electron chi connectivity index (χ0n) is 7.37. The van der Waals surface area contributed by atoms with Crippen LogP contribution in [0.2, 0.25) is 0 Å². The van der Waals surface area contributed by atoms with Crippen LogP contribution >= 0.6 is 33.9 Å². The summed E-state index contributed by atoms with van der Waals surface area (Å²) < 4.78 is 0.611. The minimum atomic E-state index is -0.0818. The van der Waals surface area contributed by atoms with Crippen molar-refractivity contribution in [2.45, 2.75) is 6.92 Å². The highest BCUT2D eigenvalue weighted by Crippen LogP contribution is 2.23. The van der Waals surface area contributed by atoms with Gasteiger partial charge in [-0.1, -0.05) is 0 Å². The summed E-state index contributed by atoms with van der Waals surface area (Å²) in [4.78, 5) is 20.4. The highest BCUT2D eigenvalue weighted by molar-refractivity contribution is 14.1. The van der Waals surface area contributed by atoms with E-state index in [4.69, 9.17) is 0 Å². The van der Waals surface area contributed by atoms with E-state index in [9.17, 15) is 4.79 Å². The number of nitrogens with one attached hydrogen (secondary N) is 1. The molecule has 0 fully saturated rings. The third-order valence-corrected chi connectivity index (χ3v) is 3.51. The van der Waals surface area contributed by atoms with E-state index in [1.807, 2.05) is 41.6 Å². The molecule has 3 nitrogen and oxygen atoms in total. The van der Waals surface area contributed by atoms with Crippen LogP contribution in [0.25, 0.3) is 10.7 Å². The molecule has 1 N–H and O–H groups in total. The van der Waals surface area contributed by atoms with Crippen molar-refractivity contribution >= 4 is 33.9 Å². The lowest BCUT2D eigenvalue weighted by molar-refractivity contribution is 1.11. The first kappa shape index (κ1) is 9.85. The van der Waals surface area contributed by atoms with Crippen LogP contribution in [-0.2, 0) is 0 Å². The standard InChI is InChI=1S/C9H7IN2OS/c1-5-2-3-7(14-5)8-11-4-6(10)9(13)12-8/h2-4H,1H3,(H,11,12,13). The Hall–Kier alpha value is -0.690. The van der Waals surface area contributed by atoms with Crippen LogP contribution in [0.5, 0.6) is 0 Å². The predicted octanol–water partition coefficient (Wildman–Crippen LogP) is 2.41. The highest BCUT2D eigenvalue weighted by Gasteiger charge is 2.04. The molecule has 0 saturated carbocycles. The maximum Gasteiger partial charge on any atom is 0.264 e. The zero-order chi connectivity index (χ0) is 10.1. The van der Waals surface area contributed by atoms with Gasteiger partial charge in [0.15, 0.2) is 0 Å². The quantitative estimate of drug-likeness (QED) is 0.821. The van der Waals surface area contributed by atoms with Crippen molar-refractivity contribution in [3.05, 3.63) is 37.1 Å². The molecule has 2 rings (SSSR count). The second-order valence-corrected chi connectivity index (χ2v) is 5.27. The molecule has 0 spiro atoms. The number of nitrogens with zero attached hydrogens (tertiary/aromatic N) is 1. The Morgan fingerprint density at radius 3 is 2.86 bits per heavy atom. The van der Waals surface area contributed by atoms with Gasteiger partial charge in [0.25, 0.3) is 5.56 Å². The first-order chi connectivity index (χ1) is 6.66. The first-order valence-corrected chi connectivity index (χ1v) is 5.88. The highest BCUT2D eigenvalue weighted by atomic mass is 127. The first-order valence-electron chi connectivity index (χ1n) is 3.98. The lowest BCUT2D eigenvalue weighted by Crippen LogP contribution is -2.10. The van der Waals surface area contributed by atoms with Gasteiger partial charge in [-0.2, -0.15) is 0 Å². The summed E-state index contributed by atoms with van der Waals surface area (Å²) in [5, 5.41) is 0. The predicted molar refractivity (Wildman–Crippen MR) is 65.6 cm³/mol. The largest absolute Gasteiger partial charge is 0.305 e. The lowest BCUT2D eigenvalue weighted by atomic mass is 10.4. The number of aromatic amines is 1. The number of H-pyrrole nitrogens is 1. The molecule has 2 heterocycles. The van der Waals surface area contributed by atoms with Crippen LogP contribution in [0.4, 0.5) is 0 Å². The van der Waals surface area contributed by atoms with Gasteiger partial charge in [0.05, 0.1) is 8.45 Å². The Kier molecular flexibility index (Phi) is 2.69. The molecule has 0 radical (unpaired) electrons. The summed E-state index contributed by atoms with van der Waals surface area (Å²) >= 11 is 3.58. The van der Waals surface area contributed by atoms with Crippen molar-refractivity contribution in [3.63, 3.8) is 0 Å². The van der Waals surface area contributed by atoms with E-state index in [2.05, 4.69) is 9.97 Å². The van der Waals surface area contributed by atoms with Gasteiger partial charge in [0, 0.05) is 11.1 Å². The summed E-state index contributed by atoms with van der Waals surface area (Å²) in [5.74, 6) is 0.647. The molecular formula is C9H7IN2OS. The maximum absolute atomic E-state index is 11.3. The number of hydrogen-bond acceptors (Lipinski definition) is 3. The van der Waals surface area contributed by atoms with Crippen LogP contribution in [0, 0.1) is 10.5 Å². The average Bonchev–Trinajstić information content (AvgIpc) is 2.57. The SMILES string of the molecule is Cc1ccc(-c2ncc(I)c(=O)[nH]2)s1. The number of hydrogen-bond donors (Lipinski definition) is 1. The Labute approximate surface area is 98.4 Å². The Morgan fingerprint density at radius 1 is 1.50 bits per heavy atom. The van der Waals surface area contributed by atoms with E-state index in [0.29, 0.717) is 9.39 Å². The molecule has 0 saturated heterocycles. The normalized spacial score (nSPS) is 10.4. The second-order valence-electron chi connectivity index (χ2n) is 2.82. The van der Waals surface area contributed by atoms with Gasteiger partial charge in [-0.25, -0.2) is 4.98 Å². The smallest absolute Gasteiger partial charge is 0.264 e. The molecule has 0 aliphatic heterocycles. The third-order valence-electron chi connectivity index (χ3n) is 1.73. The van der Waals surface area contributed by atoms with Gasteiger partial charge >= 0.3 is 0 Å². The molecule has 72 valence electrons. The Bertz CT molecular complexity index is 518. The van der Waals surface area contributed by atoms with Gasteiger partial charge < -0.3 is 4.98 Å². The summed E-state index contributed by atoms with van der Waals surface area (Å²) in [6.45, 7) is 2.03. The monoisotopic (exact) mass is 318 g/mol. The number of rotatable bonds is 1. The summed E-state index contributed by atoms with van der Waals surface area (Å²) in [6, 6.07) is 3.98. The van der Waals surface area contributed by atoms with Crippen molar-refractivity contribution < 1.29 is 0 Å². The maximum atomic E-state index is 11.3. The number of thiophene rings is 1. The molecule has 14 heavy (non-hydrogen) atoms. The Balaban J connectivity index is 2.53. The summed E-state index contributed by atoms with van der Waals surface area (Å²) in [5.41, 5.74) is -0.0818. The summed E-state index contributed by atoms with van der Waals surface area (Å²) in [7, 11) is 0. The molecule has 2 aromatic rings. The van der Waals surface area contributed by atoms with Crippen molar-refractivity contribution in [2.24, 2.45) is 0 Å². The molecule has 0 aromatic carbocycles. The van der Waals surface area contributed by atoms with Gasteiger partial charge in [0.2, 0.25) is 0 Å². The van der Waals surface area contributed by atoms with Gasteiger partial charge in [-0.05, 0) is 41.6 Å². The van der Waals surface area contributed by atoms with Gasteiger partial charge in [-0.3, -0.25) is 4.79 Å². The number of aryl methyl sites for hydroxylation is 1. The van der Waals surface area contributed by atoms with Crippen molar-refractivity contribution in [1.29, 1.82) is 0 Å². The van der Waals surface area contributed by atoms with E-state index < -0.39 is 0 Å². The topological polar surface area (TPSA) is 45.8 Å². The fourth-order valence-corrected chi connectivity index (χ4v) is 2.16. The minimum absolute atomic E-state index is 0.0818. The van der Waals surface area contributed by atoms with E-state index in [0.717, 1.165) is 4.88 Å². The third kappa shape index (κ3) is 1.88. The molecule has 0 unspecified atom stereocenters. The fraction of sp³-hybridized carbons (Fsp3) is 0.111. The fourth-order valence-electron chi connectivity index (χ4n) is 1.07. The number of halogens is 1. The van der Waals surface area contributed by atoms with Crippen LogP contribution < -0.4 is 5.56 Å². The molecule has 5 heteroatoms. The molecule has 0 bridgehead atoms. The van der Waals surface area contributed by atoms with Crippen molar-refractivity contribution in [1.82, 2.24) is 9.97 Å². The molecule has 2 aromatic heterocycles. The molecule has 0 aliphatic carbocycles. The Morgan fingerprint density at radius 2 is 2.29 bits per heavy atom. The minimum Gasteiger partial charge on any atom is -0.305 e. The van der Waals surface area contributed by atoms with Gasteiger partial charge in [-0.15, -0.1) is 11.3 Å². The van der Waals surface area contributed by atoms with Gasteiger partial charge in [0.1, 0.15) is 5.82 Å². The van der Waals surface area contributed by atoms with E-state index in [1.165, 1.54) is 4.88 Å². The molecular weight excluding hydrogens is 311 g/mol. The number of aromatic nitrogens is 2. The average molecular weight is 318 g/mol. The van der Waals surface area contributed by atoms with Crippen molar-refractivity contribution in [3.8, 4) is 10.7 Å². The van der Waals surface area contributed by atoms with E-state index in [1.54, 1.807) is 17.5 Å². The molecule has 0 amide bonds. The molecule has 0 aliphatic rings. The van der Waals surface area contributed by atoms with Crippen LogP contribution in [0.3, 0.4) is 0 Å². The van der Waals surface area contributed by atoms with Crippen LogP contribution in [-0.4, -0.2) is 9.97 Å².